The van der Waals surface area contributed by atoms with Crippen LogP contribution >= 0.6 is 0 Å². The van der Waals surface area contributed by atoms with Gasteiger partial charge in [-0.15, -0.1) is 0 Å². The Morgan fingerprint density at radius 2 is 1.94 bits per heavy atom. The molecule has 0 saturated heterocycles. The fourth-order valence-electron chi connectivity index (χ4n) is 2.08. The van der Waals surface area contributed by atoms with Gasteiger partial charge in [-0.1, -0.05) is 18.2 Å². The minimum atomic E-state index is -0.0279. The smallest absolute Gasteiger partial charge is 0.161 e. The molecule has 0 aliphatic carbocycles. The molecule has 3 nitrogen and oxygen atoms in total. The number of nitrogens with zero attached hydrogens (tertiary/aromatic N) is 1. The number of hydroxylamine groups is 1. The maximum absolute atomic E-state index is 11.5. The summed E-state index contributed by atoms with van der Waals surface area (Å²) in [7, 11) is 0. The third-order valence-corrected chi connectivity index (χ3v) is 2.77. The highest BCUT2D eigenvalue weighted by atomic mass is 16.7. The third kappa shape index (κ3) is 1.69. The number of Topliss-reactive ketones (excluding diaryl/α,β-unsaturated/α-hetero) is 1. The highest BCUT2D eigenvalue weighted by molar-refractivity contribution is 5.96. The average molecular weight is 217 g/mol. The van der Waals surface area contributed by atoms with E-state index < -0.39 is 0 Å². The van der Waals surface area contributed by atoms with Gasteiger partial charge in [0, 0.05) is 0 Å². The van der Waals surface area contributed by atoms with Gasteiger partial charge in [0.2, 0.25) is 0 Å². The SMILES string of the molecule is CC(=O)C1=C(C)ON(c2ccccc2)C1C. The first-order valence-corrected chi connectivity index (χ1v) is 5.35. The van der Waals surface area contributed by atoms with Crippen LogP contribution < -0.4 is 5.06 Å². The van der Waals surface area contributed by atoms with Gasteiger partial charge in [0.25, 0.3) is 0 Å². The maximum Gasteiger partial charge on any atom is 0.161 e. The van der Waals surface area contributed by atoms with E-state index in [0.29, 0.717) is 5.76 Å². The van der Waals surface area contributed by atoms with Crippen molar-refractivity contribution in [3.05, 3.63) is 41.7 Å². The summed E-state index contributed by atoms with van der Waals surface area (Å²) in [5.41, 5.74) is 1.72. The van der Waals surface area contributed by atoms with Gasteiger partial charge in [0.15, 0.2) is 5.78 Å². The first-order chi connectivity index (χ1) is 7.61. The van der Waals surface area contributed by atoms with E-state index in [-0.39, 0.29) is 11.8 Å². The van der Waals surface area contributed by atoms with E-state index in [4.69, 9.17) is 4.84 Å². The monoisotopic (exact) mass is 217 g/mol. The van der Waals surface area contributed by atoms with Crippen LogP contribution in [0.4, 0.5) is 5.69 Å². The molecular weight excluding hydrogens is 202 g/mol. The molecule has 16 heavy (non-hydrogen) atoms. The molecule has 0 radical (unpaired) electrons. The van der Waals surface area contributed by atoms with Crippen molar-refractivity contribution in [3.8, 4) is 0 Å². The van der Waals surface area contributed by atoms with Gasteiger partial charge in [-0.25, -0.2) is 5.06 Å². The van der Waals surface area contributed by atoms with Gasteiger partial charge in [0.1, 0.15) is 5.76 Å². The quantitative estimate of drug-likeness (QED) is 0.762. The first-order valence-electron chi connectivity index (χ1n) is 5.35. The molecule has 1 heterocycles. The number of rotatable bonds is 2. The molecule has 0 aromatic heterocycles. The molecular formula is C13H15NO2. The highest BCUT2D eigenvalue weighted by Crippen LogP contribution is 2.31. The number of benzene rings is 1. The molecule has 0 fully saturated rings. The second-order valence-corrected chi connectivity index (χ2v) is 3.95. The summed E-state index contributed by atoms with van der Waals surface area (Å²) in [6.07, 6.45) is 0. The minimum Gasteiger partial charge on any atom is -0.383 e. The van der Waals surface area contributed by atoms with E-state index in [0.717, 1.165) is 11.3 Å². The van der Waals surface area contributed by atoms with Crippen molar-refractivity contribution >= 4 is 11.5 Å². The van der Waals surface area contributed by atoms with Crippen molar-refractivity contribution in [2.45, 2.75) is 26.8 Å². The lowest BCUT2D eigenvalue weighted by atomic mass is 10.0. The number of hydrogen-bond acceptors (Lipinski definition) is 3. The summed E-state index contributed by atoms with van der Waals surface area (Å²) in [4.78, 5) is 17.1. The third-order valence-electron chi connectivity index (χ3n) is 2.77. The lowest BCUT2D eigenvalue weighted by Gasteiger charge is -2.23. The van der Waals surface area contributed by atoms with Crippen LogP contribution in [-0.2, 0) is 9.63 Å². The first kappa shape index (κ1) is 10.7. The highest BCUT2D eigenvalue weighted by Gasteiger charge is 2.32. The van der Waals surface area contributed by atoms with E-state index >= 15 is 0 Å². The lowest BCUT2D eigenvalue weighted by molar-refractivity contribution is -0.113. The number of para-hydroxylation sites is 1. The lowest BCUT2D eigenvalue weighted by Crippen LogP contribution is -2.29. The van der Waals surface area contributed by atoms with E-state index in [1.807, 2.05) is 44.2 Å². The molecule has 0 saturated carbocycles. The number of allylic oxidation sites excluding steroid dienone is 1. The number of carbonyl (C=O) groups excluding carboxylic acids is 1. The molecule has 84 valence electrons. The van der Waals surface area contributed by atoms with Crippen LogP contribution in [0.15, 0.2) is 41.7 Å². The Hall–Kier alpha value is -1.77. The fourth-order valence-corrected chi connectivity index (χ4v) is 2.08. The predicted molar refractivity (Wildman–Crippen MR) is 62.8 cm³/mol. The van der Waals surface area contributed by atoms with E-state index in [1.165, 1.54) is 0 Å². The van der Waals surface area contributed by atoms with Crippen LogP contribution in [0.3, 0.4) is 0 Å². The standard InChI is InChI=1S/C13H15NO2/c1-9-13(10(2)15)11(3)16-14(9)12-7-5-4-6-8-12/h4-9H,1-3H3. The molecule has 1 aromatic rings. The predicted octanol–water partition coefficient (Wildman–Crippen LogP) is 2.69. The molecule has 0 amide bonds. The van der Waals surface area contributed by atoms with Crippen molar-refractivity contribution in [1.82, 2.24) is 0 Å². The summed E-state index contributed by atoms with van der Waals surface area (Å²) >= 11 is 0. The number of anilines is 1. The Bertz CT molecular complexity index is 437. The van der Waals surface area contributed by atoms with E-state index in [9.17, 15) is 4.79 Å². The normalized spacial score (nSPS) is 19.9. The second kappa shape index (κ2) is 4.00. The molecule has 1 aliphatic heterocycles. The van der Waals surface area contributed by atoms with Crippen LogP contribution in [-0.4, -0.2) is 11.8 Å². The van der Waals surface area contributed by atoms with Crippen LogP contribution in [0.1, 0.15) is 20.8 Å². The summed E-state index contributed by atoms with van der Waals surface area (Å²) in [5.74, 6) is 0.771. The number of carbonyl (C=O) groups is 1. The summed E-state index contributed by atoms with van der Waals surface area (Å²) < 4.78 is 0. The van der Waals surface area contributed by atoms with Crippen molar-refractivity contribution in [2.24, 2.45) is 0 Å². The molecule has 1 unspecified atom stereocenters. The van der Waals surface area contributed by atoms with Crippen molar-refractivity contribution in [3.63, 3.8) is 0 Å². The Labute approximate surface area is 95.3 Å². The molecule has 2 rings (SSSR count). The van der Waals surface area contributed by atoms with Crippen LogP contribution in [0.5, 0.6) is 0 Å². The maximum atomic E-state index is 11.5. The zero-order chi connectivity index (χ0) is 11.7. The van der Waals surface area contributed by atoms with Gasteiger partial charge >= 0.3 is 0 Å². The summed E-state index contributed by atoms with van der Waals surface area (Å²) in [6, 6.07) is 9.76. The van der Waals surface area contributed by atoms with E-state index in [1.54, 1.807) is 12.0 Å². The molecule has 1 aliphatic rings. The zero-order valence-electron chi connectivity index (χ0n) is 9.73. The Balaban J connectivity index is 2.29. The van der Waals surface area contributed by atoms with Gasteiger partial charge in [-0.05, 0) is 32.9 Å². The Morgan fingerprint density at radius 3 is 2.44 bits per heavy atom. The van der Waals surface area contributed by atoms with Crippen molar-refractivity contribution < 1.29 is 9.63 Å². The molecule has 1 aromatic carbocycles. The molecule has 1 atom stereocenters. The molecule has 0 spiro atoms. The fraction of sp³-hybridized carbons (Fsp3) is 0.308. The number of ketones is 1. The van der Waals surface area contributed by atoms with Gasteiger partial charge < -0.3 is 4.84 Å². The topological polar surface area (TPSA) is 29.5 Å². The van der Waals surface area contributed by atoms with Crippen molar-refractivity contribution in [1.29, 1.82) is 0 Å². The van der Waals surface area contributed by atoms with Gasteiger partial charge in [-0.2, -0.15) is 0 Å². The largest absolute Gasteiger partial charge is 0.383 e. The average Bonchev–Trinajstić information content (AvgIpc) is 2.55. The Morgan fingerprint density at radius 1 is 1.31 bits per heavy atom. The van der Waals surface area contributed by atoms with Crippen LogP contribution in [0.2, 0.25) is 0 Å². The van der Waals surface area contributed by atoms with E-state index in [2.05, 4.69) is 0 Å². The van der Waals surface area contributed by atoms with Crippen LogP contribution in [0, 0.1) is 0 Å². The molecule has 0 N–H and O–H groups in total. The minimum absolute atomic E-state index is 0.0279. The summed E-state index contributed by atoms with van der Waals surface area (Å²) in [5, 5.41) is 1.77. The van der Waals surface area contributed by atoms with Crippen molar-refractivity contribution in [2.75, 3.05) is 5.06 Å². The van der Waals surface area contributed by atoms with Gasteiger partial charge in [0.05, 0.1) is 17.3 Å². The Kier molecular flexibility index (Phi) is 2.69. The van der Waals surface area contributed by atoms with Gasteiger partial charge in [-0.3, -0.25) is 4.79 Å². The zero-order valence-corrected chi connectivity index (χ0v) is 9.73. The molecule has 0 bridgehead atoms. The molecule has 3 heteroatoms. The number of hydrogen-bond donors (Lipinski definition) is 0. The second-order valence-electron chi connectivity index (χ2n) is 3.95. The van der Waals surface area contributed by atoms with Crippen LogP contribution in [0.25, 0.3) is 0 Å². The summed E-state index contributed by atoms with van der Waals surface area (Å²) in [6.45, 7) is 5.38.